The van der Waals surface area contributed by atoms with Crippen LogP contribution < -0.4 is 10.1 Å². The van der Waals surface area contributed by atoms with E-state index in [4.69, 9.17) is 9.47 Å². The molecule has 98 valence electrons. The maximum Gasteiger partial charge on any atom is 0.314 e. The molecule has 0 saturated carbocycles. The summed E-state index contributed by atoms with van der Waals surface area (Å²) in [5, 5.41) is 3.03. The van der Waals surface area contributed by atoms with Gasteiger partial charge in [-0.2, -0.15) is 0 Å². The van der Waals surface area contributed by atoms with Crippen LogP contribution in [0, 0.1) is 0 Å². The number of hydrogen-bond acceptors (Lipinski definition) is 4. The van der Waals surface area contributed by atoms with E-state index >= 15 is 0 Å². The largest absolute Gasteiger partial charge is 0.493 e. The maximum atomic E-state index is 11.9. The van der Waals surface area contributed by atoms with Gasteiger partial charge in [-0.05, 0) is 31.2 Å². The van der Waals surface area contributed by atoms with Gasteiger partial charge in [0.15, 0.2) is 0 Å². The number of rotatable bonds is 5. The third kappa shape index (κ3) is 2.64. The van der Waals surface area contributed by atoms with E-state index in [1.807, 2.05) is 32.2 Å². The Bertz CT molecular complexity index is 431. The summed E-state index contributed by atoms with van der Waals surface area (Å²) in [6.07, 6.45) is 0.950. The molecule has 0 bridgehead atoms. The summed E-state index contributed by atoms with van der Waals surface area (Å²) in [6, 6.07) is 5.99. The highest BCUT2D eigenvalue weighted by atomic mass is 16.5. The highest BCUT2D eigenvalue weighted by Gasteiger charge is 2.23. The minimum absolute atomic E-state index is 0.190. The van der Waals surface area contributed by atoms with Crippen molar-refractivity contribution in [3.05, 3.63) is 29.3 Å². The zero-order valence-electron chi connectivity index (χ0n) is 10.9. The lowest BCUT2D eigenvalue weighted by atomic mass is 9.97. The minimum Gasteiger partial charge on any atom is -0.493 e. The number of ether oxygens (including phenoxy) is 2. The second kappa shape index (κ2) is 5.87. The number of benzene rings is 1. The molecular formula is C14H19NO3. The minimum atomic E-state index is -0.274. The van der Waals surface area contributed by atoms with Crippen LogP contribution in [0.2, 0.25) is 0 Å². The van der Waals surface area contributed by atoms with Crippen molar-refractivity contribution in [2.24, 2.45) is 0 Å². The fourth-order valence-corrected chi connectivity index (χ4v) is 2.18. The molecule has 18 heavy (non-hydrogen) atoms. The Hall–Kier alpha value is -1.55. The molecule has 0 saturated heterocycles. The van der Waals surface area contributed by atoms with Gasteiger partial charge in [-0.15, -0.1) is 0 Å². The summed E-state index contributed by atoms with van der Waals surface area (Å²) in [6.45, 7) is 3.52. The third-order valence-corrected chi connectivity index (χ3v) is 3.10. The average Bonchev–Trinajstić information content (AvgIpc) is 2.83. The van der Waals surface area contributed by atoms with Crippen molar-refractivity contribution >= 4 is 5.97 Å². The smallest absolute Gasteiger partial charge is 0.314 e. The van der Waals surface area contributed by atoms with Crippen LogP contribution in [-0.2, 0) is 16.0 Å². The summed E-state index contributed by atoms with van der Waals surface area (Å²) in [5.74, 6) is 0.437. The number of carbonyl (C=O) groups is 1. The summed E-state index contributed by atoms with van der Waals surface area (Å²) >= 11 is 0. The number of fused-ring (bicyclic) bond motifs is 1. The Balaban J connectivity index is 2.22. The van der Waals surface area contributed by atoms with Gasteiger partial charge in [-0.3, -0.25) is 4.79 Å². The molecule has 1 aromatic carbocycles. The third-order valence-electron chi connectivity index (χ3n) is 3.10. The maximum absolute atomic E-state index is 11.9. The molecule has 1 aliphatic rings. The highest BCUT2D eigenvalue weighted by molar-refractivity contribution is 5.78. The molecule has 0 radical (unpaired) electrons. The lowest BCUT2D eigenvalue weighted by molar-refractivity contribution is -0.144. The van der Waals surface area contributed by atoms with Crippen LogP contribution in [0.3, 0.4) is 0 Å². The zero-order chi connectivity index (χ0) is 13.0. The van der Waals surface area contributed by atoms with E-state index in [0.717, 1.165) is 24.3 Å². The Kier molecular flexibility index (Phi) is 4.20. The van der Waals surface area contributed by atoms with E-state index in [-0.39, 0.29) is 11.9 Å². The first kappa shape index (κ1) is 12.9. The second-order valence-corrected chi connectivity index (χ2v) is 4.33. The van der Waals surface area contributed by atoms with Crippen molar-refractivity contribution < 1.29 is 14.3 Å². The van der Waals surface area contributed by atoms with Gasteiger partial charge in [0.2, 0.25) is 0 Å². The first-order valence-electron chi connectivity index (χ1n) is 6.33. The molecule has 0 spiro atoms. The molecule has 1 atom stereocenters. The summed E-state index contributed by atoms with van der Waals surface area (Å²) in [5.41, 5.74) is 2.16. The summed E-state index contributed by atoms with van der Waals surface area (Å²) < 4.78 is 10.6. The van der Waals surface area contributed by atoms with Gasteiger partial charge in [0.25, 0.3) is 0 Å². The van der Waals surface area contributed by atoms with E-state index in [0.29, 0.717) is 13.2 Å². The molecule has 4 nitrogen and oxygen atoms in total. The van der Waals surface area contributed by atoms with Crippen LogP contribution in [-0.4, -0.2) is 32.8 Å². The zero-order valence-corrected chi connectivity index (χ0v) is 10.9. The van der Waals surface area contributed by atoms with Crippen LogP contribution in [0.25, 0.3) is 0 Å². The van der Waals surface area contributed by atoms with Crippen LogP contribution >= 0.6 is 0 Å². The van der Waals surface area contributed by atoms with Gasteiger partial charge in [0, 0.05) is 13.0 Å². The molecule has 0 amide bonds. The number of likely N-dealkylation sites (N-methyl/N-ethyl adjacent to an activating group) is 1. The lowest BCUT2D eigenvalue weighted by Gasteiger charge is -2.16. The Morgan fingerprint density at radius 3 is 3.11 bits per heavy atom. The van der Waals surface area contributed by atoms with Crippen LogP contribution in [0.1, 0.15) is 24.0 Å². The Morgan fingerprint density at radius 2 is 2.39 bits per heavy atom. The lowest BCUT2D eigenvalue weighted by Crippen LogP contribution is -2.26. The average molecular weight is 249 g/mol. The van der Waals surface area contributed by atoms with Gasteiger partial charge in [0.05, 0.1) is 19.1 Å². The number of esters is 1. The topological polar surface area (TPSA) is 47.6 Å². The van der Waals surface area contributed by atoms with Crippen molar-refractivity contribution in [1.29, 1.82) is 0 Å². The Morgan fingerprint density at radius 1 is 1.56 bits per heavy atom. The molecule has 0 aromatic heterocycles. The SMILES string of the molecule is CCOC(=O)C(CNC)c1ccc2c(c1)OCC2. The summed E-state index contributed by atoms with van der Waals surface area (Å²) in [4.78, 5) is 11.9. The summed E-state index contributed by atoms with van der Waals surface area (Å²) in [7, 11) is 1.83. The molecule has 0 aliphatic carbocycles. The van der Waals surface area contributed by atoms with Crippen molar-refractivity contribution in [3.63, 3.8) is 0 Å². The fourth-order valence-electron chi connectivity index (χ4n) is 2.18. The number of carbonyl (C=O) groups excluding carboxylic acids is 1. The Labute approximate surface area is 107 Å². The van der Waals surface area contributed by atoms with Crippen LogP contribution in [0.4, 0.5) is 0 Å². The van der Waals surface area contributed by atoms with Gasteiger partial charge in [-0.25, -0.2) is 0 Å². The first-order valence-corrected chi connectivity index (χ1v) is 6.33. The second-order valence-electron chi connectivity index (χ2n) is 4.33. The molecule has 1 unspecified atom stereocenters. The molecule has 1 aromatic rings. The predicted octanol–water partition coefficient (Wildman–Crippen LogP) is 1.49. The number of hydrogen-bond donors (Lipinski definition) is 1. The standard InChI is InChI=1S/C14H19NO3/c1-3-17-14(16)12(9-15-2)11-5-4-10-6-7-18-13(10)8-11/h4-5,8,12,15H,3,6-7,9H2,1-2H3. The van der Waals surface area contributed by atoms with E-state index in [1.54, 1.807) is 0 Å². The quantitative estimate of drug-likeness (QED) is 0.803. The molecule has 1 N–H and O–H groups in total. The molecule has 2 rings (SSSR count). The monoisotopic (exact) mass is 249 g/mol. The number of nitrogens with one attached hydrogen (secondary N) is 1. The van der Waals surface area contributed by atoms with E-state index in [9.17, 15) is 4.79 Å². The highest BCUT2D eigenvalue weighted by Crippen LogP contribution is 2.29. The van der Waals surface area contributed by atoms with Crippen molar-refractivity contribution in [2.45, 2.75) is 19.3 Å². The van der Waals surface area contributed by atoms with Crippen molar-refractivity contribution in [1.82, 2.24) is 5.32 Å². The van der Waals surface area contributed by atoms with E-state index < -0.39 is 0 Å². The first-order chi connectivity index (χ1) is 8.76. The molecule has 1 heterocycles. The van der Waals surface area contributed by atoms with E-state index in [2.05, 4.69) is 5.32 Å². The van der Waals surface area contributed by atoms with Gasteiger partial charge >= 0.3 is 5.97 Å². The fraction of sp³-hybridized carbons (Fsp3) is 0.500. The molecule has 0 fully saturated rings. The molecular weight excluding hydrogens is 230 g/mol. The van der Waals surface area contributed by atoms with Crippen molar-refractivity contribution in [3.8, 4) is 5.75 Å². The van der Waals surface area contributed by atoms with Gasteiger partial charge in [-0.1, -0.05) is 12.1 Å². The van der Waals surface area contributed by atoms with Crippen LogP contribution in [0.15, 0.2) is 18.2 Å². The van der Waals surface area contributed by atoms with Crippen molar-refractivity contribution in [2.75, 3.05) is 26.8 Å². The molecule has 4 heteroatoms. The van der Waals surface area contributed by atoms with Gasteiger partial charge < -0.3 is 14.8 Å². The van der Waals surface area contributed by atoms with Gasteiger partial charge in [0.1, 0.15) is 5.75 Å². The predicted molar refractivity (Wildman–Crippen MR) is 68.9 cm³/mol. The van der Waals surface area contributed by atoms with E-state index in [1.165, 1.54) is 5.56 Å². The molecule has 1 aliphatic heterocycles. The normalized spacial score (nSPS) is 14.8. The van der Waals surface area contributed by atoms with Crippen LogP contribution in [0.5, 0.6) is 5.75 Å².